The van der Waals surface area contributed by atoms with Gasteiger partial charge in [-0.2, -0.15) is 0 Å². The largest absolute Gasteiger partial charge is 0.480 e. The van der Waals surface area contributed by atoms with Crippen LogP contribution in [0.15, 0.2) is 0 Å². The first-order valence-corrected chi connectivity index (χ1v) is 7.13. The first-order chi connectivity index (χ1) is 8.88. The highest BCUT2D eigenvalue weighted by Gasteiger charge is 2.38. The molecule has 110 valence electrons. The lowest BCUT2D eigenvalue weighted by atomic mass is 9.91. The van der Waals surface area contributed by atoms with Gasteiger partial charge in [-0.3, -0.25) is 0 Å². The van der Waals surface area contributed by atoms with Crippen LogP contribution >= 0.6 is 0 Å². The van der Waals surface area contributed by atoms with E-state index in [-0.39, 0.29) is 11.9 Å². The van der Waals surface area contributed by atoms with Gasteiger partial charge in [0, 0.05) is 20.1 Å². The first kappa shape index (κ1) is 15.8. The summed E-state index contributed by atoms with van der Waals surface area (Å²) in [5, 5.41) is 9.33. The molecule has 2 amide bonds. The molecule has 0 bridgehead atoms. The minimum atomic E-state index is -0.891. The molecule has 0 aromatic rings. The molecule has 0 aliphatic carbocycles. The second kappa shape index (κ2) is 6.78. The van der Waals surface area contributed by atoms with Crippen molar-refractivity contribution in [2.45, 2.75) is 46.1 Å². The zero-order valence-electron chi connectivity index (χ0n) is 12.4. The van der Waals surface area contributed by atoms with E-state index >= 15 is 0 Å². The van der Waals surface area contributed by atoms with Crippen LogP contribution in [0, 0.1) is 11.8 Å². The Morgan fingerprint density at radius 3 is 2.63 bits per heavy atom. The molecule has 3 unspecified atom stereocenters. The van der Waals surface area contributed by atoms with Crippen molar-refractivity contribution in [1.29, 1.82) is 0 Å². The van der Waals surface area contributed by atoms with Gasteiger partial charge in [-0.1, -0.05) is 27.2 Å². The van der Waals surface area contributed by atoms with E-state index in [1.165, 1.54) is 4.90 Å². The molecule has 1 rings (SSSR count). The van der Waals surface area contributed by atoms with Crippen LogP contribution in [0.1, 0.15) is 40.0 Å². The van der Waals surface area contributed by atoms with Gasteiger partial charge in [0.2, 0.25) is 0 Å². The summed E-state index contributed by atoms with van der Waals surface area (Å²) in [5.74, 6) is -0.441. The second-order valence-electron chi connectivity index (χ2n) is 5.77. The molecule has 0 saturated carbocycles. The number of piperidine rings is 1. The molecule has 1 N–H and O–H groups in total. The highest BCUT2D eigenvalue weighted by Crippen LogP contribution is 2.24. The number of carbonyl (C=O) groups is 2. The van der Waals surface area contributed by atoms with E-state index in [1.54, 1.807) is 11.9 Å². The summed E-state index contributed by atoms with van der Waals surface area (Å²) in [6, 6.07) is -0.833. The number of urea groups is 1. The van der Waals surface area contributed by atoms with E-state index in [9.17, 15) is 14.7 Å². The monoisotopic (exact) mass is 270 g/mol. The van der Waals surface area contributed by atoms with Gasteiger partial charge in [-0.25, -0.2) is 9.59 Å². The molecule has 0 spiro atoms. The Morgan fingerprint density at radius 1 is 1.47 bits per heavy atom. The van der Waals surface area contributed by atoms with Gasteiger partial charge in [-0.15, -0.1) is 0 Å². The van der Waals surface area contributed by atoms with E-state index in [0.717, 1.165) is 19.3 Å². The predicted octanol–water partition coefficient (Wildman–Crippen LogP) is 2.27. The second-order valence-corrected chi connectivity index (χ2v) is 5.77. The average molecular weight is 270 g/mol. The molecule has 0 aromatic heterocycles. The number of hydrogen-bond acceptors (Lipinski definition) is 2. The number of amides is 2. The van der Waals surface area contributed by atoms with Gasteiger partial charge in [0.15, 0.2) is 0 Å². The molecule has 1 fully saturated rings. The third kappa shape index (κ3) is 3.85. The van der Waals surface area contributed by atoms with E-state index in [0.29, 0.717) is 19.0 Å². The van der Waals surface area contributed by atoms with Crippen molar-refractivity contribution in [1.82, 2.24) is 9.80 Å². The predicted molar refractivity (Wildman–Crippen MR) is 74.0 cm³/mol. The van der Waals surface area contributed by atoms with Crippen molar-refractivity contribution in [3.05, 3.63) is 0 Å². The third-order valence-electron chi connectivity index (χ3n) is 4.04. The molecule has 0 aromatic carbocycles. The minimum Gasteiger partial charge on any atom is -0.480 e. The van der Waals surface area contributed by atoms with Crippen molar-refractivity contribution in [2.75, 3.05) is 20.1 Å². The number of carboxylic acid groups (broad SMARTS) is 1. The van der Waals surface area contributed by atoms with E-state index in [4.69, 9.17) is 0 Å². The fraction of sp³-hybridized carbons (Fsp3) is 0.857. The van der Waals surface area contributed by atoms with Crippen LogP contribution in [0.25, 0.3) is 0 Å². The molecule has 19 heavy (non-hydrogen) atoms. The summed E-state index contributed by atoms with van der Waals surface area (Å²) in [7, 11) is 1.76. The summed E-state index contributed by atoms with van der Waals surface area (Å²) < 4.78 is 0. The lowest BCUT2D eigenvalue weighted by molar-refractivity contribution is -0.145. The number of carbonyl (C=O) groups excluding carboxylic acids is 1. The van der Waals surface area contributed by atoms with Crippen molar-refractivity contribution in [3.63, 3.8) is 0 Å². The van der Waals surface area contributed by atoms with Crippen LogP contribution in [0.2, 0.25) is 0 Å². The third-order valence-corrected chi connectivity index (χ3v) is 4.04. The van der Waals surface area contributed by atoms with Gasteiger partial charge >= 0.3 is 12.0 Å². The van der Waals surface area contributed by atoms with E-state index in [2.05, 4.69) is 13.8 Å². The number of rotatable bonds is 4. The SMILES string of the molecule is CCC(C)CN(C)C(=O)N1CCCC(C)C1C(=O)O. The van der Waals surface area contributed by atoms with E-state index < -0.39 is 12.0 Å². The summed E-state index contributed by atoms with van der Waals surface area (Å²) in [6.07, 6.45) is 2.76. The number of aliphatic carboxylic acids is 1. The lowest BCUT2D eigenvalue weighted by Gasteiger charge is -2.39. The topological polar surface area (TPSA) is 60.9 Å². The Morgan fingerprint density at radius 2 is 2.11 bits per heavy atom. The molecule has 3 atom stereocenters. The zero-order valence-corrected chi connectivity index (χ0v) is 12.4. The Labute approximate surface area is 115 Å². The van der Waals surface area contributed by atoms with Gasteiger partial charge in [0.05, 0.1) is 0 Å². The molecular weight excluding hydrogens is 244 g/mol. The molecule has 1 saturated heterocycles. The Balaban J connectivity index is 2.75. The molecular formula is C14H26N2O3. The standard InChI is InChI=1S/C14H26N2O3/c1-5-10(2)9-15(4)14(19)16-8-6-7-11(3)12(16)13(17)18/h10-12H,5-9H2,1-4H3,(H,17,18). The Bertz CT molecular complexity index is 333. The van der Waals surface area contributed by atoms with Crippen molar-refractivity contribution in [3.8, 4) is 0 Å². The van der Waals surface area contributed by atoms with Crippen LogP contribution < -0.4 is 0 Å². The summed E-state index contributed by atoms with van der Waals surface area (Å²) in [6.45, 7) is 7.31. The molecule has 1 aliphatic rings. The van der Waals surface area contributed by atoms with Crippen molar-refractivity contribution in [2.24, 2.45) is 11.8 Å². The quantitative estimate of drug-likeness (QED) is 0.852. The van der Waals surface area contributed by atoms with Gasteiger partial charge in [-0.05, 0) is 24.7 Å². The summed E-state index contributed by atoms with van der Waals surface area (Å²) in [4.78, 5) is 26.9. The number of nitrogens with zero attached hydrogens (tertiary/aromatic N) is 2. The zero-order chi connectivity index (χ0) is 14.6. The van der Waals surface area contributed by atoms with E-state index in [1.807, 2.05) is 6.92 Å². The fourth-order valence-electron chi connectivity index (χ4n) is 2.67. The first-order valence-electron chi connectivity index (χ1n) is 7.13. The smallest absolute Gasteiger partial charge is 0.326 e. The molecule has 5 nitrogen and oxygen atoms in total. The van der Waals surface area contributed by atoms with Gasteiger partial charge < -0.3 is 14.9 Å². The summed E-state index contributed by atoms with van der Waals surface area (Å²) in [5.41, 5.74) is 0. The van der Waals surface area contributed by atoms with Gasteiger partial charge in [0.25, 0.3) is 0 Å². The molecule has 0 radical (unpaired) electrons. The van der Waals surface area contributed by atoms with Crippen molar-refractivity contribution < 1.29 is 14.7 Å². The van der Waals surface area contributed by atoms with Crippen LogP contribution in [0.3, 0.4) is 0 Å². The van der Waals surface area contributed by atoms with Crippen molar-refractivity contribution >= 4 is 12.0 Å². The lowest BCUT2D eigenvalue weighted by Crippen LogP contribution is -2.55. The minimum absolute atomic E-state index is 0.0206. The Kier molecular flexibility index (Phi) is 5.63. The highest BCUT2D eigenvalue weighted by molar-refractivity contribution is 5.83. The number of hydrogen-bond donors (Lipinski definition) is 1. The maximum absolute atomic E-state index is 12.4. The summed E-state index contributed by atoms with van der Waals surface area (Å²) >= 11 is 0. The maximum Gasteiger partial charge on any atom is 0.326 e. The fourth-order valence-corrected chi connectivity index (χ4v) is 2.67. The van der Waals surface area contributed by atoms with Crippen LogP contribution in [-0.2, 0) is 4.79 Å². The van der Waals surface area contributed by atoms with Crippen LogP contribution in [0.4, 0.5) is 4.79 Å². The Hall–Kier alpha value is -1.26. The molecule has 1 heterocycles. The molecule has 5 heteroatoms. The van der Waals surface area contributed by atoms with Crippen LogP contribution in [-0.4, -0.2) is 53.1 Å². The van der Waals surface area contributed by atoms with Crippen LogP contribution in [0.5, 0.6) is 0 Å². The molecule has 1 aliphatic heterocycles. The normalized spacial score (nSPS) is 24.9. The van der Waals surface area contributed by atoms with Gasteiger partial charge in [0.1, 0.15) is 6.04 Å². The maximum atomic E-state index is 12.4. The number of likely N-dealkylation sites (tertiary alicyclic amines) is 1. The highest BCUT2D eigenvalue weighted by atomic mass is 16.4. The number of carboxylic acids is 1. The average Bonchev–Trinajstić information content (AvgIpc) is 2.36.